The molecule has 5 nitrogen and oxygen atoms in total. The quantitative estimate of drug-likeness (QED) is 0.605. The zero-order valence-corrected chi connectivity index (χ0v) is 9.02. The van der Waals surface area contributed by atoms with Crippen molar-refractivity contribution in [2.75, 3.05) is 7.11 Å². The van der Waals surface area contributed by atoms with Crippen LogP contribution in [0.5, 0.6) is 0 Å². The summed E-state index contributed by atoms with van der Waals surface area (Å²) in [6, 6.07) is 2.10. The first kappa shape index (κ1) is 10.7. The molecule has 0 bridgehead atoms. The second kappa shape index (κ2) is 3.08. The Morgan fingerprint density at radius 1 is 1.75 bits per heavy atom. The van der Waals surface area contributed by atoms with Crippen LogP contribution in [0.2, 0.25) is 0 Å². The second-order valence-electron chi connectivity index (χ2n) is 4.27. The molecule has 0 radical (unpaired) electrons. The van der Waals surface area contributed by atoms with Gasteiger partial charge in [0.15, 0.2) is 0 Å². The summed E-state index contributed by atoms with van der Waals surface area (Å²) < 4.78 is 9.75. The number of carbonyl (C=O) groups excluding carboxylic acids is 2. The third kappa shape index (κ3) is 0.990. The van der Waals surface area contributed by atoms with Gasteiger partial charge in [-0.05, 0) is 6.92 Å². The Hall–Kier alpha value is -1.83. The number of fused-ring (bicyclic) bond motifs is 1. The highest BCUT2D eigenvalue weighted by Crippen LogP contribution is 2.60. The van der Waals surface area contributed by atoms with Gasteiger partial charge in [0, 0.05) is 12.5 Å². The van der Waals surface area contributed by atoms with Gasteiger partial charge in [-0.2, -0.15) is 5.26 Å². The predicted octanol–water partition coefficient (Wildman–Crippen LogP) is 0.561. The maximum atomic E-state index is 11.8. The smallest absolute Gasteiger partial charge is 0.330 e. The van der Waals surface area contributed by atoms with Gasteiger partial charge in [-0.1, -0.05) is 6.08 Å². The third-order valence-electron chi connectivity index (χ3n) is 3.53. The van der Waals surface area contributed by atoms with Crippen molar-refractivity contribution in [1.82, 2.24) is 0 Å². The zero-order chi connectivity index (χ0) is 12.0. The summed E-state index contributed by atoms with van der Waals surface area (Å²) in [5.41, 5.74) is -2.01. The number of nitrogens with zero attached hydrogens (tertiary/aromatic N) is 1. The topological polar surface area (TPSA) is 76.4 Å². The summed E-state index contributed by atoms with van der Waals surface area (Å²) in [6.07, 6.45) is 2.40. The van der Waals surface area contributed by atoms with E-state index in [-0.39, 0.29) is 0 Å². The minimum Gasteiger partial charge on any atom is -0.468 e. The van der Waals surface area contributed by atoms with Crippen LogP contribution in [0.3, 0.4) is 0 Å². The lowest BCUT2D eigenvalue weighted by Crippen LogP contribution is -2.65. The summed E-state index contributed by atoms with van der Waals surface area (Å²) in [4.78, 5) is 22.9. The van der Waals surface area contributed by atoms with Crippen molar-refractivity contribution in [1.29, 1.82) is 5.26 Å². The monoisotopic (exact) mass is 221 g/mol. The van der Waals surface area contributed by atoms with E-state index in [1.807, 2.05) is 0 Å². The summed E-state index contributed by atoms with van der Waals surface area (Å²) in [5, 5.41) is 9.13. The standard InChI is InChI=1S/C11H11NO4/c1-10(6-12)5-7-11(10,9(14)15-2)4-3-8(13)16-7/h3-4,7H,5H2,1-2H3/t7-,10-,11-/m1/s1. The number of esters is 2. The molecule has 1 aliphatic heterocycles. The van der Waals surface area contributed by atoms with E-state index >= 15 is 0 Å². The highest BCUT2D eigenvalue weighted by Gasteiger charge is 2.70. The van der Waals surface area contributed by atoms with Crippen molar-refractivity contribution in [3.63, 3.8) is 0 Å². The van der Waals surface area contributed by atoms with E-state index in [9.17, 15) is 9.59 Å². The van der Waals surface area contributed by atoms with E-state index in [0.29, 0.717) is 6.42 Å². The van der Waals surface area contributed by atoms with Crippen molar-refractivity contribution < 1.29 is 19.1 Å². The second-order valence-corrected chi connectivity index (χ2v) is 4.27. The Balaban J connectivity index is 2.49. The van der Waals surface area contributed by atoms with E-state index in [1.165, 1.54) is 19.3 Å². The van der Waals surface area contributed by atoms with Crippen molar-refractivity contribution in [3.8, 4) is 6.07 Å². The van der Waals surface area contributed by atoms with Crippen LogP contribution in [0.1, 0.15) is 13.3 Å². The Morgan fingerprint density at radius 2 is 2.44 bits per heavy atom. The van der Waals surface area contributed by atoms with Crippen LogP contribution in [0.4, 0.5) is 0 Å². The Bertz CT molecular complexity index is 436. The number of hydrogen-bond acceptors (Lipinski definition) is 5. The lowest BCUT2D eigenvalue weighted by Gasteiger charge is -2.55. The van der Waals surface area contributed by atoms with Crippen LogP contribution in [-0.4, -0.2) is 25.2 Å². The average molecular weight is 221 g/mol. The van der Waals surface area contributed by atoms with Gasteiger partial charge >= 0.3 is 11.9 Å². The van der Waals surface area contributed by atoms with Crippen LogP contribution in [0.25, 0.3) is 0 Å². The number of hydrogen-bond donors (Lipinski definition) is 0. The molecule has 0 aromatic heterocycles. The van der Waals surface area contributed by atoms with Gasteiger partial charge in [0.1, 0.15) is 11.5 Å². The number of methoxy groups -OCH3 is 1. The molecule has 0 aromatic rings. The molecule has 0 N–H and O–H groups in total. The highest BCUT2D eigenvalue weighted by atomic mass is 16.6. The summed E-state index contributed by atoms with van der Waals surface area (Å²) >= 11 is 0. The molecule has 3 atom stereocenters. The lowest BCUT2D eigenvalue weighted by atomic mass is 9.48. The fraction of sp³-hybridized carbons (Fsp3) is 0.545. The maximum Gasteiger partial charge on any atom is 0.330 e. The van der Waals surface area contributed by atoms with Crippen molar-refractivity contribution in [3.05, 3.63) is 12.2 Å². The van der Waals surface area contributed by atoms with Crippen molar-refractivity contribution in [2.45, 2.75) is 19.4 Å². The van der Waals surface area contributed by atoms with E-state index in [0.717, 1.165) is 0 Å². The number of rotatable bonds is 1. The minimum absolute atomic E-state index is 0.356. The van der Waals surface area contributed by atoms with Crippen LogP contribution in [0, 0.1) is 22.2 Å². The third-order valence-corrected chi connectivity index (χ3v) is 3.53. The minimum atomic E-state index is -1.13. The molecule has 2 rings (SSSR count). The molecule has 1 saturated carbocycles. The van der Waals surface area contributed by atoms with Crippen LogP contribution >= 0.6 is 0 Å². The van der Waals surface area contributed by atoms with Crippen LogP contribution in [0.15, 0.2) is 12.2 Å². The molecular weight excluding hydrogens is 210 g/mol. The van der Waals surface area contributed by atoms with Crippen LogP contribution < -0.4 is 0 Å². The van der Waals surface area contributed by atoms with Gasteiger partial charge in [-0.15, -0.1) is 0 Å². The lowest BCUT2D eigenvalue weighted by molar-refractivity contribution is -0.201. The summed E-state index contributed by atoms with van der Waals surface area (Å²) in [5.74, 6) is -1.01. The Labute approximate surface area is 92.6 Å². The van der Waals surface area contributed by atoms with Crippen molar-refractivity contribution in [2.24, 2.45) is 10.8 Å². The Morgan fingerprint density at radius 3 is 2.94 bits per heavy atom. The SMILES string of the molecule is COC(=O)[C@@]12C=CC(=O)O[C@@H]1C[C@]2(C)C#N. The first-order valence-corrected chi connectivity index (χ1v) is 4.90. The molecule has 2 aliphatic rings. The van der Waals surface area contributed by atoms with E-state index in [1.54, 1.807) is 6.92 Å². The molecule has 84 valence electrons. The largest absolute Gasteiger partial charge is 0.468 e. The first-order valence-electron chi connectivity index (χ1n) is 4.90. The number of carbonyl (C=O) groups is 2. The number of ether oxygens (including phenoxy) is 2. The fourth-order valence-electron chi connectivity index (χ4n) is 2.46. The van der Waals surface area contributed by atoms with E-state index in [4.69, 9.17) is 14.7 Å². The molecule has 5 heteroatoms. The first-order chi connectivity index (χ1) is 7.50. The van der Waals surface area contributed by atoms with Crippen molar-refractivity contribution >= 4 is 11.9 Å². The molecule has 1 heterocycles. The molecule has 0 amide bonds. The molecule has 0 unspecified atom stereocenters. The van der Waals surface area contributed by atoms with Gasteiger partial charge in [0.2, 0.25) is 0 Å². The molecule has 16 heavy (non-hydrogen) atoms. The van der Waals surface area contributed by atoms with Gasteiger partial charge in [0.25, 0.3) is 0 Å². The Kier molecular flexibility index (Phi) is 2.06. The van der Waals surface area contributed by atoms with Gasteiger partial charge in [-0.3, -0.25) is 4.79 Å². The molecule has 1 aliphatic carbocycles. The molecular formula is C11H11NO4. The highest BCUT2D eigenvalue weighted by molar-refractivity contribution is 5.91. The maximum absolute atomic E-state index is 11.8. The van der Waals surface area contributed by atoms with E-state index < -0.39 is 28.9 Å². The van der Waals surface area contributed by atoms with Gasteiger partial charge < -0.3 is 9.47 Å². The summed E-state index contributed by atoms with van der Waals surface area (Å²) in [7, 11) is 1.26. The van der Waals surface area contributed by atoms with Gasteiger partial charge in [0.05, 0.1) is 18.6 Å². The van der Waals surface area contributed by atoms with Gasteiger partial charge in [-0.25, -0.2) is 4.79 Å². The summed E-state index contributed by atoms with van der Waals surface area (Å²) in [6.45, 7) is 1.67. The molecule has 1 fully saturated rings. The zero-order valence-electron chi connectivity index (χ0n) is 9.02. The molecule has 0 saturated heterocycles. The number of nitriles is 1. The molecule has 0 spiro atoms. The van der Waals surface area contributed by atoms with E-state index in [2.05, 4.69) is 6.07 Å². The average Bonchev–Trinajstić information content (AvgIpc) is 2.27. The fourth-order valence-corrected chi connectivity index (χ4v) is 2.46. The predicted molar refractivity (Wildman–Crippen MR) is 51.8 cm³/mol. The normalized spacial score (nSPS) is 40.1. The van der Waals surface area contributed by atoms with Crippen LogP contribution in [-0.2, 0) is 19.1 Å². The molecule has 0 aromatic carbocycles.